The highest BCUT2D eigenvalue weighted by atomic mass is 35.5. The third-order valence-electron chi connectivity index (χ3n) is 4.27. The summed E-state index contributed by atoms with van der Waals surface area (Å²) in [5.41, 5.74) is 2.31. The van der Waals surface area contributed by atoms with E-state index in [0.717, 1.165) is 15.6 Å². The fourth-order valence-corrected chi connectivity index (χ4v) is 3.71. The first-order chi connectivity index (χ1) is 13.1. The molecule has 0 spiro atoms. The van der Waals surface area contributed by atoms with E-state index in [1.165, 1.54) is 36.9 Å². The van der Waals surface area contributed by atoms with Gasteiger partial charge in [0, 0.05) is 12.1 Å². The molecule has 0 heterocycles. The Hall–Kier alpha value is -2.09. The van der Waals surface area contributed by atoms with Gasteiger partial charge in [-0.05, 0) is 68.3 Å². The number of carbonyl (C=O) groups excluding carboxylic acids is 1. The molecular formula is C20H25ClN2O4S. The number of rotatable bonds is 8. The van der Waals surface area contributed by atoms with E-state index in [9.17, 15) is 13.2 Å². The lowest BCUT2D eigenvalue weighted by Crippen LogP contribution is -2.43. The average Bonchev–Trinajstić information content (AvgIpc) is 2.63. The SMILES string of the molecule is Cc1ccc(OC[C@@H](C)NC(=O)CN(C)S(=O)(=O)c2ccc(Cl)cc2)cc1C. The Balaban J connectivity index is 1.87. The number of aryl methyl sites for hydroxylation is 2. The van der Waals surface area contributed by atoms with Crippen LogP contribution in [0.25, 0.3) is 0 Å². The van der Waals surface area contributed by atoms with Gasteiger partial charge in [-0.25, -0.2) is 8.42 Å². The molecule has 0 radical (unpaired) electrons. The molecule has 0 aliphatic heterocycles. The van der Waals surface area contributed by atoms with Crippen molar-refractivity contribution in [2.75, 3.05) is 20.2 Å². The number of benzene rings is 2. The van der Waals surface area contributed by atoms with Crippen LogP contribution in [-0.4, -0.2) is 44.9 Å². The molecule has 28 heavy (non-hydrogen) atoms. The van der Waals surface area contributed by atoms with E-state index in [1.807, 2.05) is 32.0 Å². The standard InChI is InChI=1S/C20H25ClN2O4S/c1-14-5-8-18(11-15(14)2)27-13-16(3)22-20(24)12-23(4)28(25,26)19-9-6-17(21)7-10-19/h5-11,16H,12-13H2,1-4H3,(H,22,24)/t16-/m1/s1. The number of nitrogens with zero attached hydrogens (tertiary/aromatic N) is 1. The smallest absolute Gasteiger partial charge is 0.243 e. The van der Waals surface area contributed by atoms with Gasteiger partial charge < -0.3 is 10.1 Å². The van der Waals surface area contributed by atoms with Crippen molar-refractivity contribution in [1.82, 2.24) is 9.62 Å². The van der Waals surface area contributed by atoms with Crippen LogP contribution in [0.5, 0.6) is 5.75 Å². The van der Waals surface area contributed by atoms with Crippen LogP contribution < -0.4 is 10.1 Å². The Morgan fingerprint density at radius 1 is 1.14 bits per heavy atom. The van der Waals surface area contributed by atoms with Crippen molar-refractivity contribution in [3.63, 3.8) is 0 Å². The number of halogens is 1. The van der Waals surface area contributed by atoms with Gasteiger partial charge in [0.1, 0.15) is 12.4 Å². The van der Waals surface area contributed by atoms with Crippen molar-refractivity contribution in [3.8, 4) is 5.75 Å². The molecule has 0 fully saturated rings. The molecule has 0 bridgehead atoms. The number of sulfonamides is 1. The first kappa shape index (κ1) is 22.2. The molecular weight excluding hydrogens is 400 g/mol. The first-order valence-electron chi connectivity index (χ1n) is 8.81. The van der Waals surface area contributed by atoms with Crippen molar-refractivity contribution >= 4 is 27.5 Å². The van der Waals surface area contributed by atoms with E-state index in [0.29, 0.717) is 5.02 Å². The maximum atomic E-state index is 12.5. The van der Waals surface area contributed by atoms with Crippen molar-refractivity contribution < 1.29 is 17.9 Å². The monoisotopic (exact) mass is 424 g/mol. The second-order valence-electron chi connectivity index (χ2n) is 6.74. The second kappa shape index (κ2) is 9.41. The van der Waals surface area contributed by atoms with Gasteiger partial charge >= 0.3 is 0 Å². The molecule has 2 aromatic carbocycles. The minimum absolute atomic E-state index is 0.0818. The van der Waals surface area contributed by atoms with Gasteiger partial charge in [-0.1, -0.05) is 17.7 Å². The van der Waals surface area contributed by atoms with Crippen molar-refractivity contribution in [2.24, 2.45) is 0 Å². The maximum absolute atomic E-state index is 12.5. The predicted octanol–water partition coefficient (Wildman–Crippen LogP) is 3.16. The largest absolute Gasteiger partial charge is 0.491 e. The van der Waals surface area contributed by atoms with Crippen LogP contribution in [0.15, 0.2) is 47.4 Å². The van der Waals surface area contributed by atoms with Crippen molar-refractivity contribution in [2.45, 2.75) is 31.7 Å². The number of ether oxygens (including phenoxy) is 1. The summed E-state index contributed by atoms with van der Waals surface area (Å²) >= 11 is 5.79. The molecule has 6 nitrogen and oxygen atoms in total. The minimum atomic E-state index is -3.77. The zero-order valence-corrected chi connectivity index (χ0v) is 18.0. The van der Waals surface area contributed by atoms with Gasteiger partial charge in [0.2, 0.25) is 15.9 Å². The van der Waals surface area contributed by atoms with Gasteiger partial charge in [-0.15, -0.1) is 0 Å². The molecule has 0 aliphatic carbocycles. The molecule has 2 rings (SSSR count). The van der Waals surface area contributed by atoms with E-state index in [1.54, 1.807) is 6.92 Å². The van der Waals surface area contributed by atoms with Crippen LogP contribution in [0.1, 0.15) is 18.1 Å². The van der Waals surface area contributed by atoms with Gasteiger partial charge in [0.05, 0.1) is 17.5 Å². The third kappa shape index (κ3) is 5.95. The van der Waals surface area contributed by atoms with Crippen LogP contribution in [0.3, 0.4) is 0 Å². The fraction of sp³-hybridized carbons (Fsp3) is 0.350. The second-order valence-corrected chi connectivity index (χ2v) is 9.22. The van der Waals surface area contributed by atoms with E-state index < -0.39 is 15.9 Å². The third-order valence-corrected chi connectivity index (χ3v) is 6.34. The lowest BCUT2D eigenvalue weighted by atomic mass is 10.1. The molecule has 152 valence electrons. The van der Waals surface area contributed by atoms with E-state index >= 15 is 0 Å². The van der Waals surface area contributed by atoms with Gasteiger partial charge in [-0.2, -0.15) is 4.31 Å². The van der Waals surface area contributed by atoms with E-state index in [-0.39, 0.29) is 24.1 Å². The molecule has 0 unspecified atom stereocenters. The number of hydrogen-bond donors (Lipinski definition) is 1. The van der Waals surface area contributed by atoms with Gasteiger partial charge in [-0.3, -0.25) is 4.79 Å². The zero-order valence-electron chi connectivity index (χ0n) is 16.4. The molecule has 8 heteroatoms. The summed E-state index contributed by atoms with van der Waals surface area (Å²) in [6.45, 7) is 5.81. The van der Waals surface area contributed by atoms with Crippen LogP contribution in [0, 0.1) is 13.8 Å². The fourth-order valence-electron chi connectivity index (χ4n) is 2.46. The Labute approximate surface area is 171 Å². The van der Waals surface area contributed by atoms with Crippen LogP contribution >= 0.6 is 11.6 Å². The number of likely N-dealkylation sites (N-methyl/N-ethyl adjacent to an activating group) is 1. The number of hydrogen-bond acceptors (Lipinski definition) is 4. The highest BCUT2D eigenvalue weighted by molar-refractivity contribution is 7.89. The van der Waals surface area contributed by atoms with E-state index in [2.05, 4.69) is 5.32 Å². The average molecular weight is 425 g/mol. The molecule has 0 saturated carbocycles. The van der Waals surface area contributed by atoms with Crippen LogP contribution in [0.4, 0.5) is 0 Å². The van der Waals surface area contributed by atoms with Crippen LogP contribution in [-0.2, 0) is 14.8 Å². The quantitative estimate of drug-likeness (QED) is 0.706. The van der Waals surface area contributed by atoms with Crippen molar-refractivity contribution in [3.05, 3.63) is 58.6 Å². The Bertz CT molecular complexity index is 930. The van der Waals surface area contributed by atoms with Gasteiger partial charge in [0.25, 0.3) is 0 Å². The lowest BCUT2D eigenvalue weighted by molar-refractivity contribution is -0.121. The molecule has 1 N–H and O–H groups in total. The zero-order chi connectivity index (χ0) is 20.9. The van der Waals surface area contributed by atoms with Gasteiger partial charge in [0.15, 0.2) is 0 Å². The van der Waals surface area contributed by atoms with Crippen LogP contribution in [0.2, 0.25) is 5.02 Å². The summed E-state index contributed by atoms with van der Waals surface area (Å²) < 4.78 is 31.7. The normalized spacial score (nSPS) is 12.6. The highest BCUT2D eigenvalue weighted by Gasteiger charge is 2.23. The predicted molar refractivity (Wildman–Crippen MR) is 110 cm³/mol. The molecule has 0 aliphatic rings. The summed E-state index contributed by atoms with van der Waals surface area (Å²) in [4.78, 5) is 12.3. The van der Waals surface area contributed by atoms with Crippen molar-refractivity contribution in [1.29, 1.82) is 0 Å². The first-order valence-corrected chi connectivity index (χ1v) is 10.6. The molecule has 2 aromatic rings. The molecule has 0 saturated heterocycles. The Morgan fingerprint density at radius 2 is 1.79 bits per heavy atom. The summed E-state index contributed by atoms with van der Waals surface area (Å²) in [5, 5.41) is 3.19. The number of amides is 1. The molecule has 0 aromatic heterocycles. The summed E-state index contributed by atoms with van der Waals surface area (Å²) in [7, 11) is -2.41. The number of nitrogens with one attached hydrogen (secondary N) is 1. The summed E-state index contributed by atoms with van der Waals surface area (Å²) in [5.74, 6) is 0.322. The summed E-state index contributed by atoms with van der Waals surface area (Å²) in [6.07, 6.45) is 0. The lowest BCUT2D eigenvalue weighted by Gasteiger charge is -2.19. The Kier molecular flexibility index (Phi) is 7.46. The topological polar surface area (TPSA) is 75.7 Å². The minimum Gasteiger partial charge on any atom is -0.491 e. The highest BCUT2D eigenvalue weighted by Crippen LogP contribution is 2.18. The maximum Gasteiger partial charge on any atom is 0.243 e. The Morgan fingerprint density at radius 3 is 2.39 bits per heavy atom. The summed E-state index contributed by atoms with van der Waals surface area (Å²) in [6, 6.07) is 11.3. The molecule has 1 atom stereocenters. The van der Waals surface area contributed by atoms with E-state index in [4.69, 9.17) is 16.3 Å². The number of carbonyl (C=O) groups is 1. The molecule has 1 amide bonds.